The van der Waals surface area contributed by atoms with Crippen molar-refractivity contribution in [1.29, 1.82) is 0 Å². The van der Waals surface area contributed by atoms with E-state index in [1.807, 2.05) is 72.0 Å². The van der Waals surface area contributed by atoms with Crippen LogP contribution in [0.5, 0.6) is 11.5 Å². The number of hydrogen-bond donors (Lipinski definition) is 2. The standard InChI is InChI=1S/C26H30N6O2S/c1-4-33-23-11-10-20(14-24(23)34-5-2)16-32-18-22(15-27-32)28-26(35)29-25-12-13-31(30-25)17-21-9-7-6-8-19(21)3/h6-15,18H,4-5,16-17H2,1-3H3,(H2,28,29,30,35). The van der Waals surface area contributed by atoms with E-state index in [0.717, 1.165) is 22.7 Å². The van der Waals surface area contributed by atoms with Gasteiger partial charge in [-0.3, -0.25) is 9.36 Å². The second kappa shape index (κ2) is 11.5. The maximum absolute atomic E-state index is 5.72. The molecule has 0 amide bonds. The maximum atomic E-state index is 5.72. The normalized spacial score (nSPS) is 10.7. The van der Waals surface area contributed by atoms with Gasteiger partial charge in [0, 0.05) is 18.5 Å². The number of ether oxygens (including phenoxy) is 2. The number of anilines is 2. The molecule has 4 aromatic rings. The van der Waals surface area contributed by atoms with Crippen molar-refractivity contribution >= 4 is 28.8 Å². The molecular weight excluding hydrogens is 460 g/mol. The van der Waals surface area contributed by atoms with Gasteiger partial charge in [0.25, 0.3) is 0 Å². The van der Waals surface area contributed by atoms with Gasteiger partial charge in [-0.2, -0.15) is 10.2 Å². The summed E-state index contributed by atoms with van der Waals surface area (Å²) in [5, 5.41) is 15.8. The van der Waals surface area contributed by atoms with Gasteiger partial charge < -0.3 is 20.1 Å². The molecule has 2 aromatic carbocycles. The smallest absolute Gasteiger partial charge is 0.176 e. The van der Waals surface area contributed by atoms with E-state index in [2.05, 4.69) is 39.9 Å². The Bertz CT molecular complexity index is 1280. The van der Waals surface area contributed by atoms with Crippen LogP contribution in [0.4, 0.5) is 11.5 Å². The van der Waals surface area contributed by atoms with Crippen LogP contribution in [0.15, 0.2) is 67.1 Å². The highest BCUT2D eigenvalue weighted by atomic mass is 32.1. The topological polar surface area (TPSA) is 78.2 Å². The number of benzene rings is 2. The van der Waals surface area contributed by atoms with Crippen molar-refractivity contribution in [3.05, 3.63) is 83.8 Å². The second-order valence-electron chi connectivity index (χ2n) is 7.98. The molecule has 4 rings (SSSR count). The van der Waals surface area contributed by atoms with Crippen molar-refractivity contribution in [2.75, 3.05) is 23.8 Å². The van der Waals surface area contributed by atoms with Crippen LogP contribution in [-0.4, -0.2) is 37.9 Å². The molecule has 2 N–H and O–H groups in total. The van der Waals surface area contributed by atoms with Crippen LogP contribution in [0.1, 0.15) is 30.5 Å². The maximum Gasteiger partial charge on any atom is 0.176 e. The number of nitrogens with zero attached hydrogens (tertiary/aromatic N) is 4. The highest BCUT2D eigenvalue weighted by molar-refractivity contribution is 7.80. The largest absolute Gasteiger partial charge is 0.490 e. The summed E-state index contributed by atoms with van der Waals surface area (Å²) in [5.74, 6) is 2.17. The molecule has 0 aliphatic rings. The van der Waals surface area contributed by atoms with Gasteiger partial charge in [0.15, 0.2) is 22.4 Å². The monoisotopic (exact) mass is 490 g/mol. The van der Waals surface area contributed by atoms with Crippen molar-refractivity contribution in [3.63, 3.8) is 0 Å². The number of rotatable bonds is 10. The predicted molar refractivity (Wildman–Crippen MR) is 142 cm³/mol. The van der Waals surface area contributed by atoms with Crippen LogP contribution in [0, 0.1) is 6.92 Å². The summed E-state index contributed by atoms with van der Waals surface area (Å²) in [6.07, 6.45) is 5.58. The van der Waals surface area contributed by atoms with Gasteiger partial charge in [0.2, 0.25) is 0 Å². The number of nitrogens with one attached hydrogen (secondary N) is 2. The van der Waals surface area contributed by atoms with E-state index in [1.165, 1.54) is 11.1 Å². The Labute approximate surface area is 210 Å². The zero-order valence-corrected chi connectivity index (χ0v) is 21.0. The second-order valence-corrected chi connectivity index (χ2v) is 8.39. The minimum atomic E-state index is 0.449. The van der Waals surface area contributed by atoms with E-state index in [-0.39, 0.29) is 0 Å². The fraction of sp³-hybridized carbons (Fsp3) is 0.269. The van der Waals surface area contributed by atoms with Crippen molar-refractivity contribution in [2.24, 2.45) is 0 Å². The molecule has 0 radical (unpaired) electrons. The molecule has 0 bridgehead atoms. The number of aryl methyl sites for hydroxylation is 1. The van der Waals surface area contributed by atoms with Gasteiger partial charge in [-0.15, -0.1) is 0 Å². The Morgan fingerprint density at radius 2 is 1.74 bits per heavy atom. The van der Waals surface area contributed by atoms with Crippen molar-refractivity contribution in [3.8, 4) is 11.5 Å². The van der Waals surface area contributed by atoms with Crippen LogP contribution in [0.25, 0.3) is 0 Å². The van der Waals surface area contributed by atoms with E-state index >= 15 is 0 Å². The zero-order chi connectivity index (χ0) is 24.6. The lowest BCUT2D eigenvalue weighted by Crippen LogP contribution is -2.19. The lowest BCUT2D eigenvalue weighted by molar-refractivity contribution is 0.287. The molecule has 9 heteroatoms. The molecule has 0 aliphatic carbocycles. The molecule has 8 nitrogen and oxygen atoms in total. The number of aromatic nitrogens is 4. The Balaban J connectivity index is 1.33. The molecule has 0 atom stereocenters. The molecule has 0 saturated heterocycles. The molecule has 182 valence electrons. The van der Waals surface area contributed by atoms with E-state index in [9.17, 15) is 0 Å². The zero-order valence-electron chi connectivity index (χ0n) is 20.2. The molecule has 0 spiro atoms. The van der Waals surface area contributed by atoms with Crippen LogP contribution >= 0.6 is 12.2 Å². The summed E-state index contributed by atoms with van der Waals surface area (Å²) in [6, 6.07) is 16.1. The third-order valence-electron chi connectivity index (χ3n) is 5.32. The molecule has 35 heavy (non-hydrogen) atoms. The van der Waals surface area contributed by atoms with Gasteiger partial charge in [-0.05, 0) is 61.8 Å². The van der Waals surface area contributed by atoms with Gasteiger partial charge in [0.05, 0.1) is 38.2 Å². The Hall–Kier alpha value is -3.85. The summed E-state index contributed by atoms with van der Waals surface area (Å²) in [7, 11) is 0. The summed E-state index contributed by atoms with van der Waals surface area (Å²) in [5.41, 5.74) is 4.33. The Kier molecular flexibility index (Phi) is 7.99. The number of thiocarbonyl (C=S) groups is 1. The lowest BCUT2D eigenvalue weighted by atomic mass is 10.1. The van der Waals surface area contributed by atoms with Gasteiger partial charge in [-0.25, -0.2) is 0 Å². The third-order valence-corrected chi connectivity index (χ3v) is 5.52. The molecular formula is C26H30N6O2S. The van der Waals surface area contributed by atoms with Gasteiger partial charge in [0.1, 0.15) is 0 Å². The predicted octanol–water partition coefficient (Wildman–Crippen LogP) is 5.09. The van der Waals surface area contributed by atoms with E-state index in [4.69, 9.17) is 21.7 Å². The number of hydrogen-bond acceptors (Lipinski definition) is 5. The fourth-order valence-electron chi connectivity index (χ4n) is 3.65. The highest BCUT2D eigenvalue weighted by Gasteiger charge is 2.09. The van der Waals surface area contributed by atoms with Crippen molar-refractivity contribution < 1.29 is 9.47 Å². The summed E-state index contributed by atoms with van der Waals surface area (Å²) >= 11 is 5.46. The molecule has 0 saturated carbocycles. The highest BCUT2D eigenvalue weighted by Crippen LogP contribution is 2.29. The SMILES string of the molecule is CCOc1ccc(Cn2cc(NC(=S)Nc3ccn(Cc4ccccc4C)n3)cn2)cc1OCC. The molecule has 0 unspecified atom stereocenters. The molecule has 0 fully saturated rings. The van der Waals surface area contributed by atoms with Gasteiger partial charge >= 0.3 is 0 Å². The van der Waals surface area contributed by atoms with Gasteiger partial charge in [-0.1, -0.05) is 30.3 Å². The Morgan fingerprint density at radius 3 is 2.54 bits per heavy atom. The quantitative estimate of drug-likeness (QED) is 0.300. The third kappa shape index (κ3) is 6.60. The average molecular weight is 491 g/mol. The molecule has 2 heterocycles. The van der Waals surface area contributed by atoms with Crippen LogP contribution in [0.3, 0.4) is 0 Å². The van der Waals surface area contributed by atoms with Crippen LogP contribution < -0.4 is 20.1 Å². The molecule has 0 aliphatic heterocycles. The minimum Gasteiger partial charge on any atom is -0.490 e. The van der Waals surface area contributed by atoms with E-state index in [1.54, 1.807) is 6.20 Å². The fourth-order valence-corrected chi connectivity index (χ4v) is 3.88. The summed E-state index contributed by atoms with van der Waals surface area (Å²) < 4.78 is 15.1. The Morgan fingerprint density at radius 1 is 0.943 bits per heavy atom. The summed E-state index contributed by atoms with van der Waals surface area (Å²) in [6.45, 7) is 8.49. The van der Waals surface area contributed by atoms with E-state index < -0.39 is 0 Å². The van der Waals surface area contributed by atoms with Crippen molar-refractivity contribution in [1.82, 2.24) is 19.6 Å². The van der Waals surface area contributed by atoms with Crippen molar-refractivity contribution in [2.45, 2.75) is 33.9 Å². The van der Waals surface area contributed by atoms with Crippen LogP contribution in [0.2, 0.25) is 0 Å². The average Bonchev–Trinajstić information content (AvgIpc) is 3.46. The van der Waals surface area contributed by atoms with Crippen LogP contribution in [-0.2, 0) is 13.1 Å². The van der Waals surface area contributed by atoms with E-state index in [0.29, 0.717) is 37.2 Å². The summed E-state index contributed by atoms with van der Waals surface area (Å²) in [4.78, 5) is 0. The lowest BCUT2D eigenvalue weighted by Gasteiger charge is -2.12. The molecule has 2 aromatic heterocycles. The first kappa shape index (κ1) is 24.3. The minimum absolute atomic E-state index is 0.449. The first-order valence-electron chi connectivity index (χ1n) is 11.6. The first-order valence-corrected chi connectivity index (χ1v) is 12.0. The first-order chi connectivity index (χ1) is 17.0.